The highest BCUT2D eigenvalue weighted by molar-refractivity contribution is 7.09. The maximum absolute atomic E-state index is 6.19. The van der Waals surface area contributed by atoms with E-state index in [9.17, 15) is 0 Å². The van der Waals surface area contributed by atoms with Gasteiger partial charge in [-0.25, -0.2) is 0 Å². The highest BCUT2D eigenvalue weighted by atomic mass is 32.1. The summed E-state index contributed by atoms with van der Waals surface area (Å²) in [7, 11) is 0. The van der Waals surface area contributed by atoms with E-state index in [2.05, 4.69) is 43.2 Å². The lowest BCUT2D eigenvalue weighted by atomic mass is 9.68. The van der Waals surface area contributed by atoms with Crippen molar-refractivity contribution >= 4 is 11.3 Å². The smallest absolute Gasteiger partial charge is 0.0335 e. The minimum absolute atomic E-state index is 0.230. The zero-order chi connectivity index (χ0) is 13.9. The Hall–Kier alpha value is -0.380. The van der Waals surface area contributed by atoms with Crippen LogP contribution in [0.1, 0.15) is 51.3 Å². The van der Waals surface area contributed by atoms with Gasteiger partial charge in [0.1, 0.15) is 0 Å². The first kappa shape index (κ1) is 15.0. The molecule has 0 amide bonds. The van der Waals surface area contributed by atoms with Gasteiger partial charge in [0.2, 0.25) is 0 Å². The van der Waals surface area contributed by atoms with Gasteiger partial charge >= 0.3 is 0 Å². The van der Waals surface area contributed by atoms with Crippen LogP contribution < -0.4 is 5.73 Å². The molecule has 1 aliphatic rings. The summed E-state index contributed by atoms with van der Waals surface area (Å²) in [6.07, 6.45) is 5.09. The van der Waals surface area contributed by atoms with Crippen LogP contribution in [-0.2, 0) is 6.54 Å². The lowest BCUT2D eigenvalue weighted by Crippen LogP contribution is -2.56. The predicted molar refractivity (Wildman–Crippen MR) is 84.4 cm³/mol. The molecule has 1 aromatic rings. The third kappa shape index (κ3) is 3.39. The molecule has 2 N–H and O–H groups in total. The second-order valence-electron chi connectivity index (χ2n) is 6.69. The molecule has 108 valence electrons. The summed E-state index contributed by atoms with van der Waals surface area (Å²) in [5, 5.41) is 2.17. The number of nitrogens with zero attached hydrogens (tertiary/aromatic N) is 1. The monoisotopic (exact) mass is 280 g/mol. The van der Waals surface area contributed by atoms with E-state index in [1.54, 1.807) is 0 Å². The molecule has 2 nitrogen and oxygen atoms in total. The maximum Gasteiger partial charge on any atom is 0.0335 e. The van der Waals surface area contributed by atoms with Crippen LogP contribution in [-0.4, -0.2) is 23.5 Å². The molecule has 0 saturated heterocycles. The molecular weight excluding hydrogens is 252 g/mol. The number of hydrogen-bond acceptors (Lipinski definition) is 3. The molecule has 1 fully saturated rings. The highest BCUT2D eigenvalue weighted by Crippen LogP contribution is 2.43. The third-order valence-electron chi connectivity index (χ3n) is 4.89. The molecule has 19 heavy (non-hydrogen) atoms. The fourth-order valence-electron chi connectivity index (χ4n) is 3.25. The molecule has 0 unspecified atom stereocenters. The second kappa shape index (κ2) is 5.94. The molecule has 1 heterocycles. The van der Waals surface area contributed by atoms with Gasteiger partial charge in [0.05, 0.1) is 0 Å². The lowest BCUT2D eigenvalue weighted by Gasteiger charge is -2.49. The molecule has 1 saturated carbocycles. The molecule has 0 spiro atoms. The molecule has 0 aromatic carbocycles. The first-order chi connectivity index (χ1) is 9.01. The van der Waals surface area contributed by atoms with Crippen LogP contribution in [0.15, 0.2) is 17.5 Å². The van der Waals surface area contributed by atoms with Gasteiger partial charge in [-0.05, 0) is 49.1 Å². The summed E-state index contributed by atoms with van der Waals surface area (Å²) in [6, 6.07) is 4.39. The van der Waals surface area contributed by atoms with Crippen molar-refractivity contribution in [3.05, 3.63) is 22.4 Å². The second-order valence-corrected chi connectivity index (χ2v) is 7.72. The summed E-state index contributed by atoms with van der Waals surface area (Å²) in [5.41, 5.74) is 6.93. The first-order valence-corrected chi connectivity index (χ1v) is 8.37. The molecule has 0 atom stereocenters. The SMILES string of the molecule is CCN(Cc1cccs1)C1(CN)CCC(C)(C)CC1. The zero-order valence-electron chi connectivity index (χ0n) is 12.6. The van der Waals surface area contributed by atoms with Gasteiger partial charge in [-0.1, -0.05) is 26.8 Å². The van der Waals surface area contributed by atoms with E-state index >= 15 is 0 Å². The van der Waals surface area contributed by atoms with E-state index in [1.807, 2.05) is 11.3 Å². The largest absolute Gasteiger partial charge is 0.329 e. The van der Waals surface area contributed by atoms with Crippen LogP contribution in [0.25, 0.3) is 0 Å². The van der Waals surface area contributed by atoms with Gasteiger partial charge in [-0.3, -0.25) is 4.90 Å². The van der Waals surface area contributed by atoms with Crippen LogP contribution in [0.2, 0.25) is 0 Å². The fourth-order valence-corrected chi connectivity index (χ4v) is 3.97. The van der Waals surface area contributed by atoms with E-state index in [0.717, 1.165) is 19.6 Å². The van der Waals surface area contributed by atoms with E-state index in [4.69, 9.17) is 5.73 Å². The molecule has 1 aliphatic carbocycles. The van der Waals surface area contributed by atoms with Crippen LogP contribution in [0.5, 0.6) is 0 Å². The molecule has 0 bridgehead atoms. The standard InChI is InChI=1S/C16H28N2S/c1-4-18(12-14-6-5-11-19-14)16(13-17)9-7-15(2,3)8-10-16/h5-6,11H,4,7-10,12-13,17H2,1-3H3. The minimum Gasteiger partial charge on any atom is -0.329 e. The summed E-state index contributed by atoms with van der Waals surface area (Å²) < 4.78 is 0. The van der Waals surface area contributed by atoms with Gasteiger partial charge in [-0.15, -0.1) is 11.3 Å². The zero-order valence-corrected chi connectivity index (χ0v) is 13.4. The molecule has 0 aliphatic heterocycles. The molecule has 2 rings (SSSR count). The van der Waals surface area contributed by atoms with Crippen LogP contribution >= 0.6 is 11.3 Å². The van der Waals surface area contributed by atoms with Crippen molar-refractivity contribution in [1.82, 2.24) is 4.90 Å². The van der Waals surface area contributed by atoms with E-state index < -0.39 is 0 Å². The Balaban J connectivity index is 2.10. The number of likely N-dealkylation sites (N-methyl/N-ethyl adjacent to an activating group) is 1. The normalized spacial score (nSPS) is 21.7. The van der Waals surface area contributed by atoms with Gasteiger partial charge in [-0.2, -0.15) is 0 Å². The molecule has 0 radical (unpaired) electrons. The lowest BCUT2D eigenvalue weighted by molar-refractivity contribution is 0.0213. The Morgan fingerprint density at radius 3 is 2.42 bits per heavy atom. The van der Waals surface area contributed by atoms with Crippen molar-refractivity contribution in [3.63, 3.8) is 0 Å². The van der Waals surface area contributed by atoms with Crippen molar-refractivity contribution < 1.29 is 0 Å². The van der Waals surface area contributed by atoms with E-state index in [-0.39, 0.29) is 5.54 Å². The predicted octanol–water partition coefficient (Wildman–Crippen LogP) is 3.87. The summed E-state index contributed by atoms with van der Waals surface area (Å²) in [4.78, 5) is 4.08. The Labute approximate surface area is 122 Å². The van der Waals surface area contributed by atoms with Crippen molar-refractivity contribution in [2.24, 2.45) is 11.1 Å². The minimum atomic E-state index is 0.230. The van der Waals surface area contributed by atoms with Crippen molar-refractivity contribution in [2.75, 3.05) is 13.1 Å². The van der Waals surface area contributed by atoms with Gasteiger partial charge in [0, 0.05) is 23.5 Å². The summed E-state index contributed by atoms with van der Waals surface area (Å²) >= 11 is 1.86. The number of rotatable bonds is 5. The molecule has 3 heteroatoms. The van der Waals surface area contributed by atoms with Crippen LogP contribution in [0, 0.1) is 5.41 Å². The van der Waals surface area contributed by atoms with Gasteiger partial charge in [0.25, 0.3) is 0 Å². The number of hydrogen-bond donors (Lipinski definition) is 1. The molecular formula is C16H28N2S. The Morgan fingerprint density at radius 1 is 1.26 bits per heavy atom. The first-order valence-electron chi connectivity index (χ1n) is 7.49. The summed E-state index contributed by atoms with van der Waals surface area (Å²) in [6.45, 7) is 10.0. The van der Waals surface area contributed by atoms with Crippen molar-refractivity contribution in [3.8, 4) is 0 Å². The van der Waals surface area contributed by atoms with Crippen molar-refractivity contribution in [2.45, 2.75) is 58.5 Å². The third-order valence-corrected chi connectivity index (χ3v) is 5.75. The number of thiophene rings is 1. The van der Waals surface area contributed by atoms with Crippen LogP contribution in [0.3, 0.4) is 0 Å². The van der Waals surface area contributed by atoms with Crippen molar-refractivity contribution in [1.29, 1.82) is 0 Å². The van der Waals surface area contributed by atoms with Gasteiger partial charge < -0.3 is 5.73 Å². The quantitative estimate of drug-likeness (QED) is 0.887. The van der Waals surface area contributed by atoms with Gasteiger partial charge in [0.15, 0.2) is 0 Å². The fraction of sp³-hybridized carbons (Fsp3) is 0.750. The maximum atomic E-state index is 6.19. The Kier molecular flexibility index (Phi) is 4.70. The topological polar surface area (TPSA) is 29.3 Å². The number of nitrogens with two attached hydrogens (primary N) is 1. The van der Waals surface area contributed by atoms with Crippen LogP contribution in [0.4, 0.5) is 0 Å². The Morgan fingerprint density at radius 2 is 1.95 bits per heavy atom. The average Bonchev–Trinajstić information content (AvgIpc) is 2.90. The molecule has 1 aromatic heterocycles. The Bertz CT molecular complexity index is 373. The average molecular weight is 280 g/mol. The summed E-state index contributed by atoms with van der Waals surface area (Å²) in [5.74, 6) is 0. The highest BCUT2D eigenvalue weighted by Gasteiger charge is 2.41. The van der Waals surface area contributed by atoms with E-state index in [1.165, 1.54) is 30.6 Å². The van der Waals surface area contributed by atoms with E-state index in [0.29, 0.717) is 5.41 Å².